The molecule has 274 valence electrons. The Morgan fingerprint density at radius 3 is 2.26 bits per heavy atom. The third-order valence-corrected chi connectivity index (χ3v) is 10.3. The standard InChI is InChI=1S/C41H34Cl3N5O5/c1-41(23-50,40(51)52)48-20-31-16-35(42)39(49-38(31)53-21-26-13-24(17-45)12-25(14-26)18-46)54-22-29-4-2-6-33(36(29)43)34-7-3-5-32(37(34)44)28-9-8-27-10-11-47-19-30(27)15-28/h2-9,12-16,47-48,50H,10-11,19-23H2,1H3,(H,51,52)/t41-/m0/s1. The van der Waals surface area contributed by atoms with Crippen LogP contribution in [0.1, 0.15) is 45.9 Å². The molecule has 0 fully saturated rings. The fraction of sp³-hybridized carbons (Fsp3) is 0.220. The molecule has 0 saturated carbocycles. The van der Waals surface area contributed by atoms with E-state index in [1.54, 1.807) is 12.1 Å². The first-order valence-electron chi connectivity index (χ1n) is 16.9. The number of ether oxygens (including phenoxy) is 2. The number of hydrogen-bond acceptors (Lipinski definition) is 9. The molecule has 10 nitrogen and oxygen atoms in total. The molecule has 4 aromatic carbocycles. The fourth-order valence-electron chi connectivity index (χ4n) is 6.05. The number of hydrogen-bond donors (Lipinski definition) is 4. The smallest absolute Gasteiger partial charge is 0.326 e. The number of benzene rings is 4. The quantitative estimate of drug-likeness (QED) is 0.0926. The van der Waals surface area contributed by atoms with Gasteiger partial charge in [-0.2, -0.15) is 15.5 Å². The summed E-state index contributed by atoms with van der Waals surface area (Å²) in [5, 5.41) is 45.6. The van der Waals surface area contributed by atoms with Crippen molar-refractivity contribution in [1.29, 1.82) is 10.5 Å². The van der Waals surface area contributed by atoms with Gasteiger partial charge in [0.1, 0.15) is 23.8 Å². The number of pyridine rings is 1. The molecular weight excluding hydrogens is 749 g/mol. The topological polar surface area (TPSA) is 161 Å². The van der Waals surface area contributed by atoms with Gasteiger partial charge in [-0.25, -0.2) is 0 Å². The van der Waals surface area contributed by atoms with Crippen LogP contribution in [0.4, 0.5) is 0 Å². The zero-order chi connectivity index (χ0) is 38.4. The van der Waals surface area contributed by atoms with Gasteiger partial charge in [0.25, 0.3) is 0 Å². The number of aliphatic hydroxyl groups is 1. The van der Waals surface area contributed by atoms with Crippen molar-refractivity contribution < 1.29 is 24.5 Å². The van der Waals surface area contributed by atoms with E-state index in [4.69, 9.17) is 44.3 Å². The number of rotatable bonds is 13. The summed E-state index contributed by atoms with van der Waals surface area (Å²) in [4.78, 5) is 16.4. The van der Waals surface area contributed by atoms with E-state index in [-0.39, 0.29) is 47.7 Å². The maximum Gasteiger partial charge on any atom is 0.326 e. The summed E-state index contributed by atoms with van der Waals surface area (Å²) in [6.07, 6.45) is 0.989. The van der Waals surface area contributed by atoms with Gasteiger partial charge in [0, 0.05) is 40.9 Å². The molecule has 0 saturated heterocycles. The van der Waals surface area contributed by atoms with Crippen LogP contribution >= 0.6 is 34.8 Å². The van der Waals surface area contributed by atoms with Crippen LogP contribution in [0.25, 0.3) is 22.3 Å². The zero-order valence-corrected chi connectivity index (χ0v) is 31.3. The highest BCUT2D eigenvalue weighted by atomic mass is 35.5. The van der Waals surface area contributed by atoms with Gasteiger partial charge in [-0.1, -0.05) is 83.3 Å². The lowest BCUT2D eigenvalue weighted by atomic mass is 9.93. The minimum Gasteiger partial charge on any atom is -0.480 e. The summed E-state index contributed by atoms with van der Waals surface area (Å²) in [6.45, 7) is 2.23. The lowest BCUT2D eigenvalue weighted by molar-refractivity contribution is -0.145. The predicted octanol–water partition coefficient (Wildman–Crippen LogP) is 7.85. The number of nitriles is 2. The van der Waals surface area contributed by atoms with E-state index in [2.05, 4.69) is 33.8 Å². The van der Waals surface area contributed by atoms with Gasteiger partial charge in [-0.15, -0.1) is 0 Å². The molecule has 0 radical (unpaired) electrons. The van der Waals surface area contributed by atoms with E-state index in [1.807, 2.05) is 48.5 Å². The van der Waals surface area contributed by atoms with E-state index in [0.29, 0.717) is 26.7 Å². The zero-order valence-electron chi connectivity index (χ0n) is 29.1. The second-order valence-corrected chi connectivity index (χ2v) is 14.1. The molecule has 5 aromatic rings. The molecule has 1 aliphatic heterocycles. The molecule has 2 heterocycles. The van der Waals surface area contributed by atoms with Gasteiger partial charge >= 0.3 is 5.97 Å². The summed E-state index contributed by atoms with van der Waals surface area (Å²) < 4.78 is 12.2. The second kappa shape index (κ2) is 16.9. The van der Waals surface area contributed by atoms with Crippen molar-refractivity contribution in [3.8, 4) is 46.2 Å². The lowest BCUT2D eigenvalue weighted by Gasteiger charge is -2.24. The van der Waals surface area contributed by atoms with Gasteiger partial charge in [-0.3, -0.25) is 10.1 Å². The van der Waals surface area contributed by atoms with Gasteiger partial charge in [0.2, 0.25) is 11.8 Å². The Morgan fingerprint density at radius 2 is 1.56 bits per heavy atom. The Hall–Kier alpha value is -5.17. The number of aliphatic carboxylic acids is 1. The molecule has 6 rings (SSSR count). The van der Waals surface area contributed by atoms with Crippen LogP contribution in [0.5, 0.6) is 11.8 Å². The molecule has 4 N–H and O–H groups in total. The van der Waals surface area contributed by atoms with Crippen molar-refractivity contribution in [3.05, 3.63) is 133 Å². The fourth-order valence-corrected chi connectivity index (χ4v) is 6.90. The summed E-state index contributed by atoms with van der Waals surface area (Å²) in [6, 6.07) is 28.1. The molecule has 1 aliphatic rings. The summed E-state index contributed by atoms with van der Waals surface area (Å²) in [7, 11) is 0. The molecule has 1 atom stereocenters. The Morgan fingerprint density at radius 1 is 0.870 bits per heavy atom. The average molecular weight is 783 g/mol. The van der Waals surface area contributed by atoms with Crippen LogP contribution in [0.2, 0.25) is 15.1 Å². The number of fused-ring (bicyclic) bond motifs is 1. The molecule has 54 heavy (non-hydrogen) atoms. The average Bonchev–Trinajstić information content (AvgIpc) is 3.19. The number of carbonyl (C=O) groups is 1. The molecule has 1 aromatic heterocycles. The van der Waals surface area contributed by atoms with Gasteiger partial charge in [0.15, 0.2) is 0 Å². The van der Waals surface area contributed by atoms with Crippen molar-refractivity contribution in [3.63, 3.8) is 0 Å². The molecule has 0 bridgehead atoms. The van der Waals surface area contributed by atoms with Crippen LogP contribution in [0.15, 0.2) is 78.9 Å². The van der Waals surface area contributed by atoms with E-state index in [9.17, 15) is 25.5 Å². The normalized spacial score (nSPS) is 13.2. The minimum absolute atomic E-state index is 0.0189. The number of halogens is 3. The van der Waals surface area contributed by atoms with Crippen LogP contribution in [-0.2, 0) is 37.5 Å². The molecule has 13 heteroatoms. The molecule has 0 aliphatic carbocycles. The van der Waals surface area contributed by atoms with Crippen LogP contribution < -0.4 is 20.1 Å². The first-order chi connectivity index (χ1) is 26.0. The van der Waals surface area contributed by atoms with E-state index in [0.717, 1.165) is 41.8 Å². The molecule has 0 spiro atoms. The van der Waals surface area contributed by atoms with Crippen molar-refractivity contribution in [2.45, 2.75) is 45.2 Å². The Bertz CT molecular complexity index is 2290. The van der Waals surface area contributed by atoms with Crippen molar-refractivity contribution in [2.75, 3.05) is 13.2 Å². The predicted molar refractivity (Wildman–Crippen MR) is 206 cm³/mol. The summed E-state index contributed by atoms with van der Waals surface area (Å²) >= 11 is 20.7. The Labute approximate surface area is 327 Å². The molecule has 0 amide bonds. The number of carboxylic acids is 1. The lowest BCUT2D eigenvalue weighted by Crippen LogP contribution is -2.52. The maximum absolute atomic E-state index is 11.8. The van der Waals surface area contributed by atoms with Crippen molar-refractivity contribution in [2.24, 2.45) is 0 Å². The van der Waals surface area contributed by atoms with Crippen LogP contribution in [-0.4, -0.2) is 39.9 Å². The van der Waals surface area contributed by atoms with E-state index >= 15 is 0 Å². The van der Waals surface area contributed by atoms with Gasteiger partial charge < -0.3 is 25.0 Å². The summed E-state index contributed by atoms with van der Waals surface area (Å²) in [5.41, 5.74) is 6.43. The number of aliphatic hydroxyl groups excluding tert-OH is 1. The maximum atomic E-state index is 11.8. The number of carboxylic acid groups (broad SMARTS) is 1. The highest BCUT2D eigenvalue weighted by Crippen LogP contribution is 2.41. The molecular formula is C41H34Cl3N5O5. The highest BCUT2D eigenvalue weighted by Gasteiger charge is 2.32. The number of nitrogens with zero attached hydrogens (tertiary/aromatic N) is 3. The SMILES string of the molecule is C[C@@](CO)(NCc1cc(Cl)c(OCc2cccc(-c3cccc(-c4ccc5c(c4)CNCC5)c3Cl)c2Cl)nc1OCc1cc(C#N)cc(C#N)c1)C(=O)O. The third-order valence-electron chi connectivity index (χ3n) is 9.20. The number of aromatic nitrogens is 1. The first-order valence-corrected chi connectivity index (χ1v) is 18.0. The Kier molecular flexibility index (Phi) is 12.1. The first kappa shape index (κ1) is 38.6. The van der Waals surface area contributed by atoms with Crippen LogP contribution in [0.3, 0.4) is 0 Å². The highest BCUT2D eigenvalue weighted by molar-refractivity contribution is 6.38. The number of nitrogens with one attached hydrogen (secondary N) is 2. The largest absolute Gasteiger partial charge is 0.480 e. The van der Waals surface area contributed by atoms with E-state index in [1.165, 1.54) is 30.2 Å². The summed E-state index contributed by atoms with van der Waals surface area (Å²) in [5.74, 6) is -1.19. The van der Waals surface area contributed by atoms with Gasteiger partial charge in [-0.05, 0) is 72.5 Å². The van der Waals surface area contributed by atoms with E-state index < -0.39 is 18.1 Å². The minimum atomic E-state index is -1.66. The second-order valence-electron chi connectivity index (χ2n) is 13.0. The van der Waals surface area contributed by atoms with Crippen molar-refractivity contribution in [1.82, 2.24) is 15.6 Å². The monoisotopic (exact) mass is 781 g/mol. The third kappa shape index (κ3) is 8.46. The van der Waals surface area contributed by atoms with Crippen LogP contribution in [0, 0.1) is 22.7 Å². The molecule has 0 unspecified atom stereocenters. The van der Waals surface area contributed by atoms with Gasteiger partial charge in [0.05, 0.1) is 39.9 Å². The van der Waals surface area contributed by atoms with Crippen molar-refractivity contribution >= 4 is 40.8 Å². The Balaban J connectivity index is 1.27.